The molecule has 0 aliphatic heterocycles. The molecule has 2 rings (SSSR count). The minimum absolute atomic E-state index is 0.0293. The van der Waals surface area contributed by atoms with E-state index in [1.165, 1.54) is 10.8 Å². The number of imidazole rings is 1. The van der Waals surface area contributed by atoms with Crippen molar-refractivity contribution in [3.05, 3.63) is 39.1 Å². The summed E-state index contributed by atoms with van der Waals surface area (Å²) in [5, 5.41) is 11.2. The van der Waals surface area contributed by atoms with E-state index in [-0.39, 0.29) is 11.6 Å². The highest BCUT2D eigenvalue weighted by atomic mass is 32.1. The maximum absolute atomic E-state index is 11.1. The lowest BCUT2D eigenvalue weighted by Gasteiger charge is -1.98. The first-order valence-electron chi connectivity index (χ1n) is 3.77. The molecular formula is C8H8N2O2S. The number of thiophene rings is 1. The molecule has 68 valence electrons. The standard InChI is InChI=1S/C8H8N2O2S/c11-7-4-9-8(12)10(7)5-6-2-1-3-13-6/h1-4,11H,5H2,(H,9,12). The summed E-state index contributed by atoms with van der Waals surface area (Å²) in [6.07, 6.45) is 1.29. The number of aromatic amines is 1. The lowest BCUT2D eigenvalue weighted by molar-refractivity contribution is 0.422. The largest absolute Gasteiger partial charge is 0.493 e. The van der Waals surface area contributed by atoms with E-state index in [2.05, 4.69) is 4.98 Å². The van der Waals surface area contributed by atoms with E-state index in [1.54, 1.807) is 11.3 Å². The zero-order valence-electron chi connectivity index (χ0n) is 6.73. The first-order chi connectivity index (χ1) is 6.27. The fourth-order valence-electron chi connectivity index (χ4n) is 1.10. The Bertz CT molecular complexity index is 441. The van der Waals surface area contributed by atoms with Crippen molar-refractivity contribution in [2.75, 3.05) is 0 Å². The quantitative estimate of drug-likeness (QED) is 0.752. The second-order valence-electron chi connectivity index (χ2n) is 2.62. The summed E-state index contributed by atoms with van der Waals surface area (Å²) in [6.45, 7) is 0.422. The van der Waals surface area contributed by atoms with Crippen molar-refractivity contribution in [1.82, 2.24) is 9.55 Å². The van der Waals surface area contributed by atoms with Gasteiger partial charge in [-0.05, 0) is 11.4 Å². The molecule has 2 aromatic heterocycles. The van der Waals surface area contributed by atoms with E-state index < -0.39 is 0 Å². The second-order valence-corrected chi connectivity index (χ2v) is 3.65. The molecule has 2 aromatic rings. The summed E-state index contributed by atoms with van der Waals surface area (Å²) in [5.74, 6) is -0.0293. The van der Waals surface area contributed by atoms with Crippen molar-refractivity contribution in [3.63, 3.8) is 0 Å². The van der Waals surface area contributed by atoms with E-state index in [4.69, 9.17) is 0 Å². The molecule has 0 radical (unpaired) electrons. The fraction of sp³-hybridized carbons (Fsp3) is 0.125. The summed E-state index contributed by atoms with van der Waals surface area (Å²) >= 11 is 1.55. The van der Waals surface area contributed by atoms with Gasteiger partial charge in [-0.1, -0.05) is 6.07 Å². The van der Waals surface area contributed by atoms with Gasteiger partial charge in [0, 0.05) is 4.88 Å². The SMILES string of the molecule is O=c1[nH]cc(O)n1Cc1cccs1. The lowest BCUT2D eigenvalue weighted by Crippen LogP contribution is -2.16. The highest BCUT2D eigenvalue weighted by Gasteiger charge is 2.04. The van der Waals surface area contributed by atoms with Crippen LogP contribution in [0.25, 0.3) is 0 Å². The first-order valence-corrected chi connectivity index (χ1v) is 4.65. The van der Waals surface area contributed by atoms with Crippen LogP contribution in [0, 0.1) is 0 Å². The molecule has 0 spiro atoms. The Kier molecular flexibility index (Phi) is 1.94. The highest BCUT2D eigenvalue weighted by Crippen LogP contribution is 2.12. The molecule has 0 saturated carbocycles. The molecule has 0 aliphatic carbocycles. The second kappa shape index (κ2) is 3.10. The molecule has 4 nitrogen and oxygen atoms in total. The van der Waals surface area contributed by atoms with E-state index in [9.17, 15) is 9.90 Å². The summed E-state index contributed by atoms with van der Waals surface area (Å²) in [4.78, 5) is 14.6. The van der Waals surface area contributed by atoms with Gasteiger partial charge in [-0.2, -0.15) is 0 Å². The molecule has 2 heterocycles. The molecule has 0 aliphatic rings. The van der Waals surface area contributed by atoms with Crippen LogP contribution in [0.2, 0.25) is 0 Å². The van der Waals surface area contributed by atoms with Crippen molar-refractivity contribution >= 4 is 11.3 Å². The predicted molar refractivity (Wildman–Crippen MR) is 50.1 cm³/mol. The van der Waals surface area contributed by atoms with Crippen LogP contribution in [-0.4, -0.2) is 14.7 Å². The van der Waals surface area contributed by atoms with Gasteiger partial charge in [0.1, 0.15) is 0 Å². The number of aromatic nitrogens is 2. The Morgan fingerprint density at radius 3 is 3.00 bits per heavy atom. The third-order valence-corrected chi connectivity index (χ3v) is 2.60. The third kappa shape index (κ3) is 1.50. The molecule has 13 heavy (non-hydrogen) atoms. The van der Waals surface area contributed by atoms with Crippen molar-refractivity contribution in [3.8, 4) is 5.88 Å². The number of hydrogen-bond acceptors (Lipinski definition) is 3. The normalized spacial score (nSPS) is 10.5. The van der Waals surface area contributed by atoms with Crippen molar-refractivity contribution in [2.24, 2.45) is 0 Å². The van der Waals surface area contributed by atoms with Gasteiger partial charge in [-0.15, -0.1) is 11.3 Å². The van der Waals surface area contributed by atoms with E-state index in [0.717, 1.165) is 4.88 Å². The smallest absolute Gasteiger partial charge is 0.328 e. The minimum atomic E-state index is -0.286. The number of rotatable bonds is 2. The maximum Gasteiger partial charge on any atom is 0.328 e. The van der Waals surface area contributed by atoms with Crippen LogP contribution in [0.1, 0.15) is 4.88 Å². The zero-order valence-corrected chi connectivity index (χ0v) is 7.54. The van der Waals surface area contributed by atoms with E-state index >= 15 is 0 Å². The van der Waals surface area contributed by atoms with Crippen LogP contribution in [0.15, 0.2) is 28.5 Å². The van der Waals surface area contributed by atoms with Gasteiger partial charge >= 0.3 is 5.69 Å². The van der Waals surface area contributed by atoms with Crippen LogP contribution in [0.4, 0.5) is 0 Å². The summed E-state index contributed by atoms with van der Waals surface area (Å²) < 4.78 is 1.28. The number of nitrogens with zero attached hydrogens (tertiary/aromatic N) is 1. The zero-order chi connectivity index (χ0) is 9.26. The van der Waals surface area contributed by atoms with Gasteiger partial charge < -0.3 is 10.1 Å². The average Bonchev–Trinajstić information content (AvgIpc) is 2.70. The summed E-state index contributed by atoms with van der Waals surface area (Å²) in [6, 6.07) is 3.83. The number of hydrogen-bond donors (Lipinski definition) is 2. The van der Waals surface area contributed by atoms with Gasteiger partial charge in [-0.25, -0.2) is 4.79 Å². The maximum atomic E-state index is 11.1. The van der Waals surface area contributed by atoms with Gasteiger partial charge in [0.25, 0.3) is 0 Å². The average molecular weight is 196 g/mol. The van der Waals surface area contributed by atoms with Crippen LogP contribution < -0.4 is 5.69 Å². The van der Waals surface area contributed by atoms with Crippen LogP contribution >= 0.6 is 11.3 Å². The van der Waals surface area contributed by atoms with Crippen LogP contribution in [-0.2, 0) is 6.54 Å². The Balaban J connectivity index is 2.33. The lowest BCUT2D eigenvalue weighted by atomic mass is 10.4. The predicted octanol–water partition coefficient (Wildman–Crippen LogP) is 0.992. The molecule has 2 N–H and O–H groups in total. The van der Waals surface area contributed by atoms with Crippen molar-refractivity contribution in [2.45, 2.75) is 6.54 Å². The highest BCUT2D eigenvalue weighted by molar-refractivity contribution is 7.09. The Labute approximate surface area is 78.1 Å². The monoisotopic (exact) mass is 196 g/mol. The van der Waals surface area contributed by atoms with Gasteiger partial charge in [0.2, 0.25) is 5.88 Å². The Hall–Kier alpha value is -1.49. The Morgan fingerprint density at radius 1 is 1.62 bits per heavy atom. The molecule has 0 atom stereocenters. The topological polar surface area (TPSA) is 58.0 Å². The third-order valence-electron chi connectivity index (χ3n) is 1.74. The minimum Gasteiger partial charge on any atom is -0.493 e. The van der Waals surface area contributed by atoms with Crippen LogP contribution in [0.3, 0.4) is 0 Å². The first kappa shape index (κ1) is 8.12. The molecule has 0 fully saturated rings. The summed E-state index contributed by atoms with van der Waals surface area (Å²) in [7, 11) is 0. The molecule has 5 heteroatoms. The molecule has 0 saturated heterocycles. The Morgan fingerprint density at radius 2 is 2.46 bits per heavy atom. The molecule has 0 unspecified atom stereocenters. The number of H-pyrrole nitrogens is 1. The van der Waals surface area contributed by atoms with E-state index in [0.29, 0.717) is 6.54 Å². The number of aromatic hydroxyl groups is 1. The summed E-state index contributed by atoms with van der Waals surface area (Å²) in [5.41, 5.74) is -0.286. The molecule has 0 bridgehead atoms. The number of nitrogens with one attached hydrogen (secondary N) is 1. The molecule has 0 amide bonds. The fourth-order valence-corrected chi connectivity index (χ4v) is 1.79. The van der Waals surface area contributed by atoms with Gasteiger partial charge in [0.05, 0.1) is 12.7 Å². The van der Waals surface area contributed by atoms with Crippen molar-refractivity contribution in [1.29, 1.82) is 0 Å². The van der Waals surface area contributed by atoms with E-state index in [1.807, 2.05) is 17.5 Å². The van der Waals surface area contributed by atoms with Crippen LogP contribution in [0.5, 0.6) is 5.88 Å². The molecular weight excluding hydrogens is 188 g/mol. The van der Waals surface area contributed by atoms with Gasteiger partial charge in [0.15, 0.2) is 0 Å². The van der Waals surface area contributed by atoms with Gasteiger partial charge in [-0.3, -0.25) is 4.57 Å². The van der Waals surface area contributed by atoms with Crippen molar-refractivity contribution < 1.29 is 5.11 Å². The molecule has 0 aromatic carbocycles.